The fourth-order valence-corrected chi connectivity index (χ4v) is 0.595. The summed E-state index contributed by atoms with van der Waals surface area (Å²) in [4.78, 5) is 0. The van der Waals surface area contributed by atoms with Crippen LogP contribution in [-0.4, -0.2) is 36.6 Å². The van der Waals surface area contributed by atoms with Gasteiger partial charge in [0.1, 0.15) is 0 Å². The van der Waals surface area contributed by atoms with Crippen LogP contribution in [0, 0.1) is 5.92 Å². The first-order valence-corrected chi connectivity index (χ1v) is 5.87. The monoisotopic (exact) mass is 311 g/mol. The van der Waals surface area contributed by atoms with Gasteiger partial charge in [-0.2, -0.15) is 0 Å². The van der Waals surface area contributed by atoms with Crippen molar-refractivity contribution < 1.29 is 43.0 Å². The molecule has 0 atom stereocenters. The van der Waals surface area contributed by atoms with Gasteiger partial charge in [-0.25, -0.2) is 5.48 Å². The molecule has 0 saturated heterocycles. The molecular weight excluding hydrogens is 281 g/mol. The maximum atomic E-state index is 8.39. The van der Waals surface area contributed by atoms with Gasteiger partial charge >= 0.3 is 0 Å². The second kappa shape index (κ2) is 29.7. The van der Waals surface area contributed by atoms with E-state index < -0.39 is 0 Å². The summed E-state index contributed by atoms with van der Waals surface area (Å²) < 4.78 is 0. The second-order valence-corrected chi connectivity index (χ2v) is 3.19. The molecular formula is C11H30N2O2Y. The van der Waals surface area contributed by atoms with Crippen molar-refractivity contribution in [2.75, 3.05) is 26.2 Å². The predicted octanol–water partition coefficient (Wildman–Crippen LogP) is 1.62. The van der Waals surface area contributed by atoms with Crippen molar-refractivity contribution in [3.63, 3.8) is 0 Å². The molecule has 0 heterocycles. The fourth-order valence-electron chi connectivity index (χ4n) is 0.595. The van der Waals surface area contributed by atoms with Gasteiger partial charge < -0.3 is 15.6 Å². The van der Waals surface area contributed by atoms with Gasteiger partial charge in [0.2, 0.25) is 0 Å². The van der Waals surface area contributed by atoms with Gasteiger partial charge in [0.15, 0.2) is 0 Å². The first-order valence-electron chi connectivity index (χ1n) is 5.87. The Hall–Kier alpha value is 0.944. The van der Waals surface area contributed by atoms with Crippen molar-refractivity contribution in [1.29, 1.82) is 0 Å². The van der Waals surface area contributed by atoms with Crippen molar-refractivity contribution in [3.8, 4) is 0 Å². The Morgan fingerprint density at radius 2 is 1.62 bits per heavy atom. The number of hydrogen-bond acceptors (Lipinski definition) is 4. The summed E-state index contributed by atoms with van der Waals surface area (Å²) in [7, 11) is 0. The number of nitrogens with one attached hydrogen (secondary N) is 2. The van der Waals surface area contributed by atoms with Gasteiger partial charge in [-0.3, -0.25) is 0 Å². The Morgan fingerprint density at radius 3 is 1.88 bits per heavy atom. The van der Waals surface area contributed by atoms with Gasteiger partial charge in [0.25, 0.3) is 0 Å². The van der Waals surface area contributed by atoms with Crippen LogP contribution in [0.1, 0.15) is 41.0 Å². The topological polar surface area (TPSA) is 64.5 Å². The average Bonchev–Trinajstić information content (AvgIpc) is 2.27. The third-order valence-corrected chi connectivity index (χ3v) is 1.22. The average molecular weight is 311 g/mol. The molecule has 0 unspecified atom stereocenters. The molecule has 0 aromatic carbocycles. The normalized spacial score (nSPS) is 8.25. The molecule has 0 aliphatic carbocycles. The maximum Gasteiger partial charge on any atom is 0.0443 e. The zero-order valence-corrected chi connectivity index (χ0v) is 14.4. The van der Waals surface area contributed by atoms with E-state index in [-0.39, 0.29) is 32.7 Å². The quantitative estimate of drug-likeness (QED) is 0.445. The van der Waals surface area contributed by atoms with E-state index >= 15 is 0 Å². The van der Waals surface area contributed by atoms with E-state index in [2.05, 4.69) is 19.2 Å². The van der Waals surface area contributed by atoms with Gasteiger partial charge in [0, 0.05) is 45.9 Å². The molecule has 5 heteroatoms. The molecule has 0 aromatic rings. The summed E-state index contributed by atoms with van der Waals surface area (Å²) in [6.07, 6.45) is 0.868. The number of aliphatic hydroxyl groups is 1. The zero-order valence-electron chi connectivity index (χ0n) is 11.6. The molecule has 0 aromatic heterocycles. The van der Waals surface area contributed by atoms with Gasteiger partial charge in [-0.05, 0) is 25.4 Å². The third-order valence-electron chi connectivity index (χ3n) is 1.22. The first-order chi connectivity index (χ1) is 7.18. The molecule has 0 amide bonds. The zero-order chi connectivity index (χ0) is 12.5. The Kier molecular flexibility index (Phi) is 47.8. The Morgan fingerprint density at radius 1 is 1.19 bits per heavy atom. The number of hydroxylamine groups is 1. The van der Waals surface area contributed by atoms with Crippen molar-refractivity contribution in [2.45, 2.75) is 41.0 Å². The third kappa shape index (κ3) is 46.0. The molecule has 0 aliphatic rings. The van der Waals surface area contributed by atoms with Crippen LogP contribution in [0.15, 0.2) is 0 Å². The SMILES string of the molecule is CC.CC(C)CNCCCO.CCNO.[Y]. The van der Waals surface area contributed by atoms with Crippen LogP contribution in [-0.2, 0) is 32.7 Å². The molecule has 0 aliphatic heterocycles. The summed E-state index contributed by atoms with van der Waals surface area (Å²) in [6, 6.07) is 0. The standard InChI is InChI=1S/C7H17NO.C2H7NO.C2H6.Y/c1-7(2)6-8-4-3-5-9;1-2-3-4;1-2;/h7-9H,3-6H2,1-2H3;3-4H,2H2,1H3;1-2H3;. The van der Waals surface area contributed by atoms with Crippen molar-refractivity contribution in [1.82, 2.24) is 10.8 Å². The Bertz CT molecular complexity index is 84.4. The van der Waals surface area contributed by atoms with Crippen molar-refractivity contribution in [3.05, 3.63) is 0 Å². The summed E-state index contributed by atoms with van der Waals surface area (Å²) in [5.41, 5.74) is 1.93. The van der Waals surface area contributed by atoms with Gasteiger partial charge in [-0.1, -0.05) is 34.6 Å². The van der Waals surface area contributed by atoms with Crippen LogP contribution in [0.3, 0.4) is 0 Å². The molecule has 1 radical (unpaired) electrons. The summed E-state index contributed by atoms with van der Waals surface area (Å²) in [6.45, 7) is 13.1. The fraction of sp³-hybridized carbons (Fsp3) is 1.00. The van der Waals surface area contributed by atoms with E-state index in [1.165, 1.54) is 0 Å². The molecule has 16 heavy (non-hydrogen) atoms. The molecule has 0 rings (SSSR count). The number of rotatable bonds is 6. The molecule has 0 spiro atoms. The smallest absolute Gasteiger partial charge is 0.0443 e. The molecule has 99 valence electrons. The minimum absolute atomic E-state index is 0. The molecule has 0 bridgehead atoms. The van der Waals surface area contributed by atoms with Crippen LogP contribution < -0.4 is 10.8 Å². The minimum atomic E-state index is 0. The van der Waals surface area contributed by atoms with E-state index in [9.17, 15) is 0 Å². The van der Waals surface area contributed by atoms with E-state index in [1.54, 1.807) is 0 Å². The number of hydrogen-bond donors (Lipinski definition) is 4. The second-order valence-electron chi connectivity index (χ2n) is 3.19. The Labute approximate surface area is 126 Å². The van der Waals surface area contributed by atoms with E-state index in [0.717, 1.165) is 19.5 Å². The number of aliphatic hydroxyl groups excluding tert-OH is 1. The summed E-state index contributed by atoms with van der Waals surface area (Å²) in [5.74, 6) is 0.712. The van der Waals surface area contributed by atoms with E-state index in [4.69, 9.17) is 10.3 Å². The summed E-state index contributed by atoms with van der Waals surface area (Å²) in [5, 5.41) is 19.2. The largest absolute Gasteiger partial charge is 0.396 e. The van der Waals surface area contributed by atoms with Crippen molar-refractivity contribution >= 4 is 0 Å². The maximum absolute atomic E-state index is 8.39. The van der Waals surface area contributed by atoms with Crippen LogP contribution in [0.2, 0.25) is 0 Å². The molecule has 0 fully saturated rings. The minimum Gasteiger partial charge on any atom is -0.396 e. The van der Waals surface area contributed by atoms with Crippen LogP contribution in [0.4, 0.5) is 0 Å². The van der Waals surface area contributed by atoms with E-state index in [1.807, 2.05) is 26.3 Å². The molecule has 0 saturated carbocycles. The Balaban J connectivity index is -0.0000000879. The molecule has 4 nitrogen and oxygen atoms in total. The van der Waals surface area contributed by atoms with Crippen molar-refractivity contribution in [2.24, 2.45) is 5.92 Å². The van der Waals surface area contributed by atoms with Gasteiger partial charge in [0.05, 0.1) is 0 Å². The van der Waals surface area contributed by atoms with Gasteiger partial charge in [-0.15, -0.1) is 0 Å². The summed E-state index contributed by atoms with van der Waals surface area (Å²) >= 11 is 0. The van der Waals surface area contributed by atoms with E-state index in [0.29, 0.717) is 19.1 Å². The predicted molar refractivity (Wildman–Crippen MR) is 66.2 cm³/mol. The van der Waals surface area contributed by atoms with Crippen LogP contribution >= 0.6 is 0 Å². The van der Waals surface area contributed by atoms with Crippen LogP contribution in [0.25, 0.3) is 0 Å². The first kappa shape index (κ1) is 25.7. The molecule has 4 N–H and O–H groups in total. The van der Waals surface area contributed by atoms with Crippen LogP contribution in [0.5, 0.6) is 0 Å².